The van der Waals surface area contributed by atoms with Crippen molar-refractivity contribution >= 4 is 22.7 Å². The number of aryl methyl sites for hydroxylation is 1. The van der Waals surface area contributed by atoms with Gasteiger partial charge in [0.05, 0.1) is 17.7 Å². The van der Waals surface area contributed by atoms with Gasteiger partial charge < -0.3 is 14.7 Å². The summed E-state index contributed by atoms with van der Waals surface area (Å²) < 4.78 is 19.1. The molecule has 0 spiro atoms. The summed E-state index contributed by atoms with van der Waals surface area (Å²) in [7, 11) is 1.64. The van der Waals surface area contributed by atoms with Gasteiger partial charge in [0.1, 0.15) is 12.4 Å². The lowest BCUT2D eigenvalue weighted by Gasteiger charge is -2.41. The van der Waals surface area contributed by atoms with E-state index < -0.39 is 6.67 Å². The number of halogens is 1. The molecule has 0 unspecified atom stereocenters. The number of aromatic nitrogens is 2. The summed E-state index contributed by atoms with van der Waals surface area (Å²) in [6.07, 6.45) is 8.13. The topological polar surface area (TPSA) is 58.5 Å². The third kappa shape index (κ3) is 6.06. The number of aliphatic hydroxyl groups excluding tert-OH is 1. The first-order valence-corrected chi connectivity index (χ1v) is 13.0. The molecular weight excluding hydrogens is 449 g/mol. The Labute approximate surface area is 205 Å². The van der Waals surface area contributed by atoms with E-state index in [1.807, 2.05) is 42.6 Å². The molecule has 0 amide bonds. The molecule has 1 fully saturated rings. The highest BCUT2D eigenvalue weighted by molar-refractivity contribution is 7.99. The van der Waals surface area contributed by atoms with E-state index in [4.69, 9.17) is 4.74 Å². The fourth-order valence-electron chi connectivity index (χ4n) is 4.90. The maximum absolute atomic E-state index is 13.8. The predicted molar refractivity (Wildman–Crippen MR) is 136 cm³/mol. The molecule has 34 heavy (non-hydrogen) atoms. The minimum absolute atomic E-state index is 0.0406. The molecule has 3 heterocycles. The molecule has 1 aliphatic rings. The van der Waals surface area contributed by atoms with Gasteiger partial charge in [-0.05, 0) is 86.5 Å². The number of likely N-dealkylation sites (tertiary alicyclic amines) is 1. The Bertz CT molecular complexity index is 1050. The van der Waals surface area contributed by atoms with Crippen LogP contribution in [0, 0.1) is 5.41 Å². The number of benzene rings is 1. The van der Waals surface area contributed by atoms with Crippen LogP contribution in [0.1, 0.15) is 36.8 Å². The van der Waals surface area contributed by atoms with Crippen LogP contribution in [0.3, 0.4) is 0 Å². The van der Waals surface area contributed by atoms with E-state index in [1.165, 1.54) is 0 Å². The number of ether oxygens (including phenoxy) is 1. The zero-order valence-corrected chi connectivity index (χ0v) is 20.7. The van der Waals surface area contributed by atoms with Crippen LogP contribution < -0.4 is 4.74 Å². The number of nitrogens with zero attached hydrogens (tertiary/aromatic N) is 3. The van der Waals surface area contributed by atoms with Gasteiger partial charge in [0.15, 0.2) is 0 Å². The quantitative estimate of drug-likeness (QED) is 0.374. The fourth-order valence-corrected chi connectivity index (χ4v) is 5.76. The van der Waals surface area contributed by atoms with Crippen molar-refractivity contribution in [3.8, 4) is 5.75 Å². The van der Waals surface area contributed by atoms with E-state index in [1.54, 1.807) is 25.1 Å². The predicted octanol–water partition coefficient (Wildman–Crippen LogP) is 5.30. The Morgan fingerprint density at radius 2 is 2.03 bits per heavy atom. The van der Waals surface area contributed by atoms with E-state index in [9.17, 15) is 9.50 Å². The van der Waals surface area contributed by atoms with Crippen LogP contribution in [-0.2, 0) is 13.1 Å². The van der Waals surface area contributed by atoms with Crippen LogP contribution in [0.25, 0.3) is 10.9 Å². The molecule has 0 saturated carbocycles. The average molecular weight is 484 g/mol. The molecule has 7 heteroatoms. The minimum atomic E-state index is -0.522. The maximum atomic E-state index is 13.8. The molecule has 3 aromatic rings. The van der Waals surface area contributed by atoms with Crippen LogP contribution in [0.15, 0.2) is 53.8 Å². The number of rotatable bonds is 11. The molecule has 182 valence electrons. The summed E-state index contributed by atoms with van der Waals surface area (Å²) >= 11 is 1.79. The Morgan fingerprint density at radius 1 is 1.18 bits per heavy atom. The molecule has 1 aliphatic heterocycles. The van der Waals surface area contributed by atoms with E-state index >= 15 is 0 Å². The number of fused-ring (bicyclic) bond motifs is 1. The lowest BCUT2D eigenvalue weighted by Crippen LogP contribution is -2.42. The first-order chi connectivity index (χ1) is 16.7. The second-order valence-electron chi connectivity index (χ2n) is 9.15. The summed E-state index contributed by atoms with van der Waals surface area (Å²) in [5.74, 6) is 1.78. The monoisotopic (exact) mass is 483 g/mol. The highest BCUT2D eigenvalue weighted by Crippen LogP contribution is 2.37. The molecule has 4 rings (SSSR count). The molecule has 0 radical (unpaired) electrons. The van der Waals surface area contributed by atoms with Gasteiger partial charge in [-0.25, -0.2) is 9.37 Å². The zero-order chi connectivity index (χ0) is 23.8. The van der Waals surface area contributed by atoms with Crippen LogP contribution in [0.5, 0.6) is 5.75 Å². The molecular formula is C27H34FN3O2S. The molecule has 5 nitrogen and oxygen atoms in total. The van der Waals surface area contributed by atoms with Crippen molar-refractivity contribution in [1.82, 2.24) is 14.9 Å². The van der Waals surface area contributed by atoms with Crippen molar-refractivity contribution in [3.05, 3.63) is 59.9 Å². The number of piperidine rings is 1. The lowest BCUT2D eigenvalue weighted by atomic mass is 9.75. The van der Waals surface area contributed by atoms with Gasteiger partial charge in [-0.2, -0.15) is 0 Å². The molecule has 2 aromatic heterocycles. The Kier molecular flexibility index (Phi) is 8.75. The smallest absolute Gasteiger partial charge is 0.119 e. The Balaban J connectivity index is 1.32. The summed E-state index contributed by atoms with van der Waals surface area (Å²) in [5, 5.41) is 12.3. The number of hydrogen-bond acceptors (Lipinski definition) is 6. The third-order valence-corrected chi connectivity index (χ3v) is 8.03. The van der Waals surface area contributed by atoms with Gasteiger partial charge in [-0.15, -0.1) is 11.8 Å². The lowest BCUT2D eigenvalue weighted by molar-refractivity contribution is 0.0378. The van der Waals surface area contributed by atoms with Crippen molar-refractivity contribution in [2.24, 2.45) is 5.41 Å². The van der Waals surface area contributed by atoms with E-state index in [2.05, 4.69) is 14.9 Å². The van der Waals surface area contributed by atoms with Gasteiger partial charge >= 0.3 is 0 Å². The van der Waals surface area contributed by atoms with Gasteiger partial charge in [0.2, 0.25) is 0 Å². The number of alkyl halides is 1. The summed E-state index contributed by atoms with van der Waals surface area (Å²) in [6.45, 7) is 2.74. The summed E-state index contributed by atoms with van der Waals surface area (Å²) in [6, 6.07) is 11.8. The van der Waals surface area contributed by atoms with Crippen molar-refractivity contribution in [1.29, 1.82) is 0 Å². The van der Waals surface area contributed by atoms with Crippen molar-refractivity contribution < 1.29 is 14.2 Å². The SMILES string of the molecule is COc1ccc2ncc(CF)c(CCCC3(CO)CCN(CCSc4ccccn4)CC3)c2c1. The second kappa shape index (κ2) is 12.0. The van der Waals surface area contributed by atoms with E-state index in [0.717, 1.165) is 84.7 Å². The maximum Gasteiger partial charge on any atom is 0.119 e. The number of thioether (sulfide) groups is 1. The van der Waals surface area contributed by atoms with Crippen LogP contribution in [-0.4, -0.2) is 59.1 Å². The van der Waals surface area contributed by atoms with Crippen LogP contribution in [0.4, 0.5) is 4.39 Å². The van der Waals surface area contributed by atoms with Crippen LogP contribution >= 0.6 is 11.8 Å². The molecule has 0 atom stereocenters. The number of methoxy groups -OCH3 is 1. The largest absolute Gasteiger partial charge is 0.497 e. The van der Waals surface area contributed by atoms with Crippen molar-refractivity contribution in [2.75, 3.05) is 39.1 Å². The van der Waals surface area contributed by atoms with E-state index in [0.29, 0.717) is 5.56 Å². The van der Waals surface area contributed by atoms with Gasteiger partial charge in [-0.3, -0.25) is 4.98 Å². The van der Waals surface area contributed by atoms with Crippen LogP contribution in [0.2, 0.25) is 0 Å². The molecule has 1 N–H and O–H groups in total. The van der Waals surface area contributed by atoms with Crippen molar-refractivity contribution in [3.63, 3.8) is 0 Å². The standard InChI is InChI=1S/C27H34FN3O2S/c1-33-22-7-8-25-24(17-22)23(21(18-28)19-30-25)5-4-9-27(20-32)10-13-31(14-11-27)15-16-34-26-6-2-3-12-29-26/h2-3,6-8,12,17,19,32H,4-5,9-11,13-16,18,20H2,1H3. The first kappa shape index (κ1) is 24.9. The zero-order valence-electron chi connectivity index (χ0n) is 19.9. The minimum Gasteiger partial charge on any atom is -0.497 e. The third-order valence-electron chi connectivity index (χ3n) is 7.10. The number of pyridine rings is 2. The molecule has 1 aromatic carbocycles. The molecule has 0 aliphatic carbocycles. The van der Waals surface area contributed by atoms with Crippen molar-refractivity contribution in [2.45, 2.75) is 43.8 Å². The summed E-state index contributed by atoms with van der Waals surface area (Å²) in [5.41, 5.74) is 2.49. The van der Waals surface area contributed by atoms with Gasteiger partial charge in [0.25, 0.3) is 0 Å². The Hall–Kier alpha value is -2.22. The van der Waals surface area contributed by atoms with Gasteiger partial charge in [-0.1, -0.05) is 6.07 Å². The fraction of sp³-hybridized carbons (Fsp3) is 0.481. The summed E-state index contributed by atoms with van der Waals surface area (Å²) in [4.78, 5) is 11.3. The normalized spacial score (nSPS) is 16.1. The number of hydrogen-bond donors (Lipinski definition) is 1. The highest BCUT2D eigenvalue weighted by atomic mass is 32.2. The highest BCUT2D eigenvalue weighted by Gasteiger charge is 2.33. The van der Waals surface area contributed by atoms with E-state index in [-0.39, 0.29) is 12.0 Å². The number of aliphatic hydroxyl groups is 1. The Morgan fingerprint density at radius 3 is 2.74 bits per heavy atom. The van der Waals surface area contributed by atoms with Gasteiger partial charge in [0, 0.05) is 42.2 Å². The first-order valence-electron chi connectivity index (χ1n) is 12.0. The average Bonchev–Trinajstić information content (AvgIpc) is 2.90. The molecule has 1 saturated heterocycles. The second-order valence-corrected chi connectivity index (χ2v) is 10.3. The molecule has 0 bridgehead atoms.